The number of benzene rings is 2. The van der Waals surface area contributed by atoms with Crippen LogP contribution in [-0.2, 0) is 12.4 Å². The number of hydrogen-bond donors (Lipinski definition) is 1. The van der Waals surface area contributed by atoms with Crippen molar-refractivity contribution in [3.05, 3.63) is 94.6 Å². The third-order valence-corrected chi connectivity index (χ3v) is 4.36. The van der Waals surface area contributed by atoms with Gasteiger partial charge in [-0.3, -0.25) is 10.1 Å². The fourth-order valence-corrected chi connectivity index (χ4v) is 2.80. The zero-order valence-corrected chi connectivity index (χ0v) is 16.8. The first-order chi connectivity index (χ1) is 15.9. The molecule has 14 heteroatoms. The fourth-order valence-electron chi connectivity index (χ4n) is 2.80. The zero-order valence-electron chi connectivity index (χ0n) is 16.8. The van der Waals surface area contributed by atoms with Crippen molar-refractivity contribution in [1.82, 2.24) is 19.6 Å². The number of nitro benzene ring substituents is 1. The Kier molecular flexibility index (Phi) is 6.61. The molecule has 178 valence electrons. The van der Waals surface area contributed by atoms with Gasteiger partial charge in [0.2, 0.25) is 0 Å². The second kappa shape index (κ2) is 9.25. The number of hydrogen-bond acceptors (Lipinski definition) is 5. The molecule has 0 spiro atoms. The van der Waals surface area contributed by atoms with Crippen LogP contribution in [0.2, 0.25) is 0 Å². The van der Waals surface area contributed by atoms with E-state index in [-0.39, 0.29) is 11.4 Å². The van der Waals surface area contributed by atoms with Crippen LogP contribution in [0.3, 0.4) is 0 Å². The summed E-state index contributed by atoms with van der Waals surface area (Å²) in [7, 11) is 0. The molecule has 2 heterocycles. The Morgan fingerprint density at radius 2 is 1.26 bits per heavy atom. The minimum absolute atomic E-state index is 0.0157. The number of anilines is 1. The first kappa shape index (κ1) is 24.3. The largest absolute Gasteiger partial charge is 0.416 e. The molecule has 0 aliphatic heterocycles. The van der Waals surface area contributed by atoms with Crippen LogP contribution < -0.4 is 5.73 Å². The highest BCUT2D eigenvalue weighted by Crippen LogP contribution is 2.34. The maximum atomic E-state index is 12.5. The van der Waals surface area contributed by atoms with Crippen LogP contribution in [0.25, 0.3) is 11.4 Å². The second-order valence-corrected chi connectivity index (χ2v) is 6.63. The quantitative estimate of drug-likeness (QED) is 0.185. The Bertz CT molecular complexity index is 1270. The molecule has 8 nitrogen and oxygen atoms in total. The number of nitro groups is 1. The predicted molar refractivity (Wildman–Crippen MR) is 108 cm³/mol. The molecule has 0 radical (unpaired) electrons. The van der Waals surface area contributed by atoms with Crippen molar-refractivity contribution in [2.24, 2.45) is 0 Å². The molecule has 0 saturated carbocycles. The molecule has 4 rings (SSSR count). The molecule has 0 saturated heterocycles. The van der Waals surface area contributed by atoms with Crippen LogP contribution in [0.15, 0.2) is 73.3 Å². The average Bonchev–Trinajstić information content (AvgIpc) is 3.47. The summed E-state index contributed by atoms with van der Waals surface area (Å²) in [6, 6.07) is 8.66. The van der Waals surface area contributed by atoms with E-state index in [9.17, 15) is 36.5 Å². The lowest BCUT2D eigenvalue weighted by Crippen LogP contribution is -2.08. The highest BCUT2D eigenvalue weighted by molar-refractivity contribution is 5.59. The molecular formula is C20H14F6N6O2. The van der Waals surface area contributed by atoms with E-state index in [2.05, 4.69) is 10.2 Å². The van der Waals surface area contributed by atoms with E-state index in [1.165, 1.54) is 35.4 Å². The number of aromatic nitrogens is 4. The molecule has 0 bridgehead atoms. The number of nitrogen functional groups attached to an aromatic ring is 1. The van der Waals surface area contributed by atoms with E-state index in [0.29, 0.717) is 11.8 Å². The summed E-state index contributed by atoms with van der Waals surface area (Å²) >= 11 is 0. The van der Waals surface area contributed by atoms with Crippen LogP contribution in [0.4, 0.5) is 37.7 Å². The van der Waals surface area contributed by atoms with E-state index in [1.807, 2.05) is 0 Å². The fraction of sp³-hybridized carbons (Fsp3) is 0.100. The Labute approximate surface area is 187 Å². The van der Waals surface area contributed by atoms with Crippen LogP contribution in [-0.4, -0.2) is 24.5 Å². The van der Waals surface area contributed by atoms with Gasteiger partial charge in [-0.1, -0.05) is 0 Å². The molecular weight excluding hydrogens is 470 g/mol. The average molecular weight is 484 g/mol. The summed E-state index contributed by atoms with van der Waals surface area (Å²) in [5, 5.41) is 18.4. The molecule has 0 fully saturated rings. The molecule has 2 N–H and O–H groups in total. The lowest BCUT2D eigenvalue weighted by Gasteiger charge is -2.10. The molecule has 2 aromatic heterocycles. The standard InChI is InChI=1S/C10H6F3N3O2.C10H8F3N3/c11-10(12,13)7-2-3-8(9(6-7)16(17)18)15-5-1-4-14-15;11-10(12,13)7-2-3-9(8(14)6-7)16-5-1-4-15-16/h1-6H;1-6H,14H2. The van der Waals surface area contributed by atoms with Gasteiger partial charge in [0.05, 0.1) is 27.4 Å². The Balaban J connectivity index is 0.000000192. The molecule has 0 amide bonds. The molecule has 0 atom stereocenters. The van der Waals surface area contributed by atoms with Gasteiger partial charge >= 0.3 is 12.4 Å². The SMILES string of the molecule is Nc1cc(C(F)(F)F)ccc1-n1cccn1.O=[N+]([O-])c1cc(C(F)(F)F)ccc1-n1cccn1. The van der Waals surface area contributed by atoms with Crippen LogP contribution >= 0.6 is 0 Å². The van der Waals surface area contributed by atoms with E-state index in [0.717, 1.165) is 28.9 Å². The van der Waals surface area contributed by atoms with Crippen molar-refractivity contribution in [3.8, 4) is 11.4 Å². The van der Waals surface area contributed by atoms with E-state index >= 15 is 0 Å². The van der Waals surface area contributed by atoms with Crippen LogP contribution in [0, 0.1) is 10.1 Å². The molecule has 4 aromatic rings. The van der Waals surface area contributed by atoms with Crippen molar-refractivity contribution in [2.75, 3.05) is 5.73 Å². The van der Waals surface area contributed by atoms with E-state index in [4.69, 9.17) is 5.73 Å². The third-order valence-electron chi connectivity index (χ3n) is 4.36. The van der Waals surface area contributed by atoms with E-state index in [1.54, 1.807) is 12.3 Å². The van der Waals surface area contributed by atoms with Gasteiger partial charge in [0.25, 0.3) is 5.69 Å². The van der Waals surface area contributed by atoms with Gasteiger partial charge in [0, 0.05) is 30.9 Å². The van der Waals surface area contributed by atoms with Gasteiger partial charge in [0.15, 0.2) is 0 Å². The Morgan fingerprint density at radius 1 is 0.794 bits per heavy atom. The van der Waals surface area contributed by atoms with Gasteiger partial charge in [-0.25, -0.2) is 9.36 Å². The highest BCUT2D eigenvalue weighted by Gasteiger charge is 2.33. The molecule has 2 aromatic carbocycles. The number of nitrogens with zero attached hydrogens (tertiary/aromatic N) is 5. The van der Waals surface area contributed by atoms with Gasteiger partial charge < -0.3 is 5.73 Å². The van der Waals surface area contributed by atoms with Gasteiger partial charge in [-0.2, -0.15) is 36.5 Å². The monoisotopic (exact) mass is 484 g/mol. The topological polar surface area (TPSA) is 105 Å². The molecule has 34 heavy (non-hydrogen) atoms. The summed E-state index contributed by atoms with van der Waals surface area (Å²) < 4.78 is 77.0. The summed E-state index contributed by atoms with van der Waals surface area (Å²) in [5.74, 6) is 0. The lowest BCUT2D eigenvalue weighted by atomic mass is 10.1. The lowest BCUT2D eigenvalue weighted by molar-refractivity contribution is -0.384. The summed E-state index contributed by atoms with van der Waals surface area (Å²) in [6.07, 6.45) is -3.07. The molecule has 0 aliphatic rings. The van der Waals surface area contributed by atoms with Gasteiger partial charge in [-0.15, -0.1) is 0 Å². The maximum absolute atomic E-state index is 12.5. The predicted octanol–water partition coefficient (Wildman–Crippen LogP) is 5.27. The minimum atomic E-state index is -4.62. The summed E-state index contributed by atoms with van der Waals surface area (Å²) in [4.78, 5) is 9.92. The number of halogens is 6. The smallest absolute Gasteiger partial charge is 0.397 e. The van der Waals surface area contributed by atoms with E-state index < -0.39 is 34.1 Å². The Morgan fingerprint density at radius 3 is 1.68 bits per heavy atom. The van der Waals surface area contributed by atoms with Crippen molar-refractivity contribution in [2.45, 2.75) is 12.4 Å². The van der Waals surface area contributed by atoms with Gasteiger partial charge in [-0.05, 0) is 42.5 Å². The first-order valence-corrected chi connectivity index (χ1v) is 9.20. The van der Waals surface area contributed by atoms with Crippen molar-refractivity contribution in [3.63, 3.8) is 0 Å². The van der Waals surface area contributed by atoms with Crippen molar-refractivity contribution >= 4 is 11.4 Å². The minimum Gasteiger partial charge on any atom is -0.397 e. The first-order valence-electron chi connectivity index (χ1n) is 9.20. The van der Waals surface area contributed by atoms with Gasteiger partial charge in [0.1, 0.15) is 5.69 Å². The van der Waals surface area contributed by atoms with Crippen LogP contribution in [0.1, 0.15) is 11.1 Å². The maximum Gasteiger partial charge on any atom is 0.416 e. The highest BCUT2D eigenvalue weighted by atomic mass is 19.4. The number of rotatable bonds is 3. The number of nitrogens with two attached hydrogens (primary N) is 1. The Hall–Kier alpha value is -4.36. The summed E-state index contributed by atoms with van der Waals surface area (Å²) in [6.45, 7) is 0. The molecule has 0 aliphatic carbocycles. The zero-order chi connectivity index (χ0) is 25.1. The normalized spacial score (nSPS) is 11.6. The third kappa shape index (κ3) is 5.51. The number of alkyl halides is 6. The van der Waals surface area contributed by atoms with Crippen molar-refractivity contribution in [1.29, 1.82) is 0 Å². The van der Waals surface area contributed by atoms with Crippen molar-refractivity contribution < 1.29 is 31.3 Å². The summed E-state index contributed by atoms with van der Waals surface area (Å²) in [5.41, 5.74) is 3.53. The molecule has 0 unspecified atom stereocenters. The second-order valence-electron chi connectivity index (χ2n) is 6.63. The van der Waals surface area contributed by atoms with Crippen LogP contribution in [0.5, 0.6) is 0 Å².